The van der Waals surface area contributed by atoms with Crippen molar-refractivity contribution in [3.05, 3.63) is 53.7 Å². The average molecular weight is 286 g/mol. The van der Waals surface area contributed by atoms with E-state index in [1.54, 1.807) is 12.1 Å². The van der Waals surface area contributed by atoms with E-state index in [0.29, 0.717) is 17.1 Å². The van der Waals surface area contributed by atoms with E-state index in [-0.39, 0.29) is 19.1 Å². The molecule has 0 aliphatic rings. The number of aryl methyl sites for hydroxylation is 1. The molecule has 0 saturated carbocycles. The Balaban J connectivity index is 1.83. The van der Waals surface area contributed by atoms with E-state index in [1.807, 2.05) is 24.3 Å². The zero-order chi connectivity index (χ0) is 15.1. The van der Waals surface area contributed by atoms with Crippen LogP contribution in [0.15, 0.2) is 42.6 Å². The molecular formula is C16H18N2O3. The number of pyridine rings is 1. The lowest BCUT2D eigenvalue weighted by atomic mass is 10.2. The van der Waals surface area contributed by atoms with Crippen LogP contribution in [0.25, 0.3) is 0 Å². The summed E-state index contributed by atoms with van der Waals surface area (Å²) in [4.78, 5) is 15.8. The van der Waals surface area contributed by atoms with Gasteiger partial charge in [0, 0.05) is 6.20 Å². The van der Waals surface area contributed by atoms with Crippen LogP contribution in [0.3, 0.4) is 0 Å². The highest BCUT2D eigenvalue weighted by Crippen LogP contribution is 2.12. The lowest BCUT2D eigenvalue weighted by molar-refractivity contribution is -0.118. The number of benzene rings is 1. The molecule has 2 N–H and O–H groups in total. The topological polar surface area (TPSA) is 71.5 Å². The minimum Gasteiger partial charge on any atom is -0.484 e. The summed E-state index contributed by atoms with van der Waals surface area (Å²) in [5.74, 6) is 0.812. The van der Waals surface area contributed by atoms with Crippen LogP contribution in [0.5, 0.6) is 5.75 Å². The van der Waals surface area contributed by atoms with Crippen molar-refractivity contribution < 1.29 is 14.6 Å². The van der Waals surface area contributed by atoms with Crippen LogP contribution in [0, 0.1) is 0 Å². The molecule has 1 amide bonds. The maximum absolute atomic E-state index is 11.7. The van der Waals surface area contributed by atoms with Gasteiger partial charge in [-0.15, -0.1) is 0 Å². The van der Waals surface area contributed by atoms with E-state index >= 15 is 0 Å². The van der Waals surface area contributed by atoms with E-state index < -0.39 is 0 Å². The molecule has 2 rings (SSSR count). The van der Waals surface area contributed by atoms with Crippen molar-refractivity contribution in [1.29, 1.82) is 0 Å². The van der Waals surface area contributed by atoms with Crippen LogP contribution in [0.2, 0.25) is 0 Å². The van der Waals surface area contributed by atoms with Crippen molar-refractivity contribution in [3.63, 3.8) is 0 Å². The maximum atomic E-state index is 11.7. The Kier molecular flexibility index (Phi) is 5.29. The maximum Gasteiger partial charge on any atom is 0.263 e. The standard InChI is InChI=1S/C16H18N2O3/c1-2-12-3-6-14(7-4-12)21-11-16(20)18-15-8-5-13(10-19)9-17-15/h3-9,19H,2,10-11H2,1H3,(H,17,18,20). The monoisotopic (exact) mass is 286 g/mol. The molecule has 110 valence electrons. The van der Waals surface area contributed by atoms with Gasteiger partial charge >= 0.3 is 0 Å². The van der Waals surface area contributed by atoms with Crippen LogP contribution >= 0.6 is 0 Å². The Bertz CT molecular complexity index is 579. The van der Waals surface area contributed by atoms with Gasteiger partial charge in [-0.1, -0.05) is 25.1 Å². The molecule has 0 spiro atoms. The smallest absolute Gasteiger partial charge is 0.263 e. The number of hydrogen-bond acceptors (Lipinski definition) is 4. The molecule has 2 aromatic rings. The van der Waals surface area contributed by atoms with Crippen LogP contribution in [0.1, 0.15) is 18.1 Å². The molecule has 1 heterocycles. The van der Waals surface area contributed by atoms with Crippen molar-refractivity contribution in [2.75, 3.05) is 11.9 Å². The third-order valence-corrected chi connectivity index (χ3v) is 2.98. The molecule has 0 atom stereocenters. The van der Waals surface area contributed by atoms with Crippen LogP contribution in [-0.2, 0) is 17.8 Å². The highest BCUT2D eigenvalue weighted by molar-refractivity contribution is 5.90. The second-order valence-electron chi connectivity index (χ2n) is 4.54. The number of carbonyl (C=O) groups is 1. The molecule has 5 heteroatoms. The SMILES string of the molecule is CCc1ccc(OCC(=O)Nc2ccc(CO)cn2)cc1. The van der Waals surface area contributed by atoms with Gasteiger partial charge in [-0.2, -0.15) is 0 Å². The van der Waals surface area contributed by atoms with E-state index in [2.05, 4.69) is 17.2 Å². The van der Waals surface area contributed by atoms with Gasteiger partial charge in [0.1, 0.15) is 11.6 Å². The van der Waals surface area contributed by atoms with Gasteiger partial charge in [-0.05, 0) is 35.7 Å². The molecule has 5 nitrogen and oxygen atoms in total. The van der Waals surface area contributed by atoms with Gasteiger partial charge < -0.3 is 15.2 Å². The van der Waals surface area contributed by atoms with Crippen molar-refractivity contribution in [2.45, 2.75) is 20.0 Å². The summed E-state index contributed by atoms with van der Waals surface area (Å²) in [5.41, 5.74) is 1.92. The van der Waals surface area contributed by atoms with Crippen LogP contribution < -0.4 is 10.1 Å². The summed E-state index contributed by atoms with van der Waals surface area (Å²) >= 11 is 0. The first kappa shape index (κ1) is 15.0. The molecule has 21 heavy (non-hydrogen) atoms. The summed E-state index contributed by atoms with van der Waals surface area (Å²) in [6.07, 6.45) is 2.48. The molecular weight excluding hydrogens is 268 g/mol. The zero-order valence-electron chi connectivity index (χ0n) is 11.9. The Morgan fingerprint density at radius 1 is 1.19 bits per heavy atom. The molecule has 0 aliphatic heterocycles. The highest BCUT2D eigenvalue weighted by atomic mass is 16.5. The van der Waals surface area contributed by atoms with E-state index in [9.17, 15) is 4.79 Å². The van der Waals surface area contributed by atoms with Gasteiger partial charge in [-0.25, -0.2) is 4.98 Å². The first-order valence-electron chi connectivity index (χ1n) is 6.78. The fourth-order valence-corrected chi connectivity index (χ4v) is 1.74. The summed E-state index contributed by atoms with van der Waals surface area (Å²) in [6, 6.07) is 11.0. The summed E-state index contributed by atoms with van der Waals surface area (Å²) in [7, 11) is 0. The Labute approximate surface area is 123 Å². The number of aromatic nitrogens is 1. The first-order chi connectivity index (χ1) is 10.2. The number of aliphatic hydroxyl groups excluding tert-OH is 1. The third kappa shape index (κ3) is 4.57. The number of carbonyl (C=O) groups excluding carboxylic acids is 1. The number of anilines is 1. The largest absolute Gasteiger partial charge is 0.484 e. The summed E-state index contributed by atoms with van der Waals surface area (Å²) < 4.78 is 5.40. The van der Waals surface area contributed by atoms with Crippen molar-refractivity contribution >= 4 is 11.7 Å². The molecule has 1 aromatic heterocycles. The third-order valence-electron chi connectivity index (χ3n) is 2.98. The Morgan fingerprint density at radius 3 is 2.48 bits per heavy atom. The summed E-state index contributed by atoms with van der Waals surface area (Å²) in [5, 5.41) is 11.5. The lowest BCUT2D eigenvalue weighted by Crippen LogP contribution is -2.20. The van der Waals surface area contributed by atoms with Gasteiger partial charge in [0.2, 0.25) is 0 Å². The molecule has 0 unspecified atom stereocenters. The fraction of sp³-hybridized carbons (Fsp3) is 0.250. The van der Waals surface area contributed by atoms with E-state index in [1.165, 1.54) is 11.8 Å². The molecule has 0 bridgehead atoms. The fourth-order valence-electron chi connectivity index (χ4n) is 1.74. The number of hydrogen-bond donors (Lipinski definition) is 2. The number of rotatable bonds is 6. The van der Waals surface area contributed by atoms with E-state index in [0.717, 1.165) is 6.42 Å². The second-order valence-corrected chi connectivity index (χ2v) is 4.54. The molecule has 1 aromatic carbocycles. The van der Waals surface area contributed by atoms with Gasteiger partial charge in [0.25, 0.3) is 5.91 Å². The number of nitrogens with one attached hydrogen (secondary N) is 1. The van der Waals surface area contributed by atoms with Gasteiger partial charge in [0.15, 0.2) is 6.61 Å². The van der Waals surface area contributed by atoms with Crippen LogP contribution in [0.4, 0.5) is 5.82 Å². The van der Waals surface area contributed by atoms with E-state index in [4.69, 9.17) is 9.84 Å². The lowest BCUT2D eigenvalue weighted by Gasteiger charge is -2.07. The normalized spacial score (nSPS) is 10.2. The highest BCUT2D eigenvalue weighted by Gasteiger charge is 2.04. The Hall–Kier alpha value is -2.40. The zero-order valence-corrected chi connectivity index (χ0v) is 11.9. The van der Waals surface area contributed by atoms with Crippen molar-refractivity contribution in [1.82, 2.24) is 4.98 Å². The minimum atomic E-state index is -0.279. The number of amides is 1. The van der Waals surface area contributed by atoms with Crippen molar-refractivity contribution in [2.24, 2.45) is 0 Å². The predicted octanol–water partition coefficient (Wildman–Crippen LogP) is 2.15. The molecule has 0 aliphatic carbocycles. The average Bonchev–Trinajstić information content (AvgIpc) is 2.54. The number of aliphatic hydroxyl groups is 1. The number of nitrogens with zero attached hydrogens (tertiary/aromatic N) is 1. The quantitative estimate of drug-likeness (QED) is 0.853. The predicted molar refractivity (Wildman–Crippen MR) is 80.1 cm³/mol. The first-order valence-corrected chi connectivity index (χ1v) is 6.78. The summed E-state index contributed by atoms with van der Waals surface area (Å²) in [6.45, 7) is 1.94. The minimum absolute atomic E-state index is 0.0713. The Morgan fingerprint density at radius 2 is 1.90 bits per heavy atom. The van der Waals surface area contributed by atoms with Crippen molar-refractivity contribution in [3.8, 4) is 5.75 Å². The van der Waals surface area contributed by atoms with Crippen LogP contribution in [-0.4, -0.2) is 22.6 Å². The molecule has 0 saturated heterocycles. The molecule has 0 radical (unpaired) electrons. The van der Waals surface area contributed by atoms with Gasteiger partial charge in [0.05, 0.1) is 6.61 Å². The second kappa shape index (κ2) is 7.40. The number of ether oxygens (including phenoxy) is 1. The molecule has 0 fully saturated rings. The van der Waals surface area contributed by atoms with Gasteiger partial charge in [-0.3, -0.25) is 4.79 Å².